The Labute approximate surface area is 286 Å². The highest BCUT2D eigenvalue weighted by molar-refractivity contribution is 7.88. The molecule has 3 aromatic carbocycles. The molecular formula is C38H50N6O3S. The molecule has 1 aromatic heterocycles. The lowest BCUT2D eigenvalue weighted by molar-refractivity contribution is 0.0342. The summed E-state index contributed by atoms with van der Waals surface area (Å²) in [5.74, 6) is 1.25. The van der Waals surface area contributed by atoms with E-state index in [0.717, 1.165) is 99.9 Å². The Morgan fingerprint density at radius 2 is 1.46 bits per heavy atom. The second-order valence-corrected chi connectivity index (χ2v) is 16.1. The highest BCUT2D eigenvalue weighted by atomic mass is 32.2. The maximum absolute atomic E-state index is 12.2. The molecule has 3 aliphatic heterocycles. The van der Waals surface area contributed by atoms with Crippen molar-refractivity contribution in [3.63, 3.8) is 0 Å². The van der Waals surface area contributed by atoms with Crippen molar-refractivity contribution in [1.82, 2.24) is 23.7 Å². The molecule has 0 aliphatic carbocycles. The van der Waals surface area contributed by atoms with E-state index in [1.54, 1.807) is 4.31 Å². The number of piperazine rings is 1. The topological polar surface area (TPSA) is 74.2 Å². The lowest BCUT2D eigenvalue weighted by Crippen LogP contribution is -2.48. The molecule has 4 heterocycles. The predicted molar refractivity (Wildman–Crippen MR) is 195 cm³/mol. The van der Waals surface area contributed by atoms with E-state index in [0.29, 0.717) is 19.1 Å². The van der Waals surface area contributed by atoms with E-state index in [1.165, 1.54) is 28.6 Å². The Balaban J connectivity index is 1.21. The number of rotatable bonds is 8. The zero-order chi connectivity index (χ0) is 33.4. The third kappa shape index (κ3) is 7.05. The molecule has 0 radical (unpaired) electrons. The van der Waals surface area contributed by atoms with Crippen LogP contribution in [0, 0.1) is 0 Å². The minimum absolute atomic E-state index is 0.211. The largest absolute Gasteiger partial charge is 0.379 e. The van der Waals surface area contributed by atoms with Crippen LogP contribution in [-0.4, -0.2) is 110 Å². The summed E-state index contributed by atoms with van der Waals surface area (Å²) < 4.78 is 33.8. The Morgan fingerprint density at radius 1 is 0.812 bits per heavy atom. The summed E-state index contributed by atoms with van der Waals surface area (Å²) in [5.41, 5.74) is 9.34. The molecule has 3 saturated heterocycles. The third-order valence-electron chi connectivity index (χ3n) is 10.7. The van der Waals surface area contributed by atoms with Crippen LogP contribution in [0.15, 0.2) is 60.7 Å². The number of hydrogen-bond acceptors (Lipinski definition) is 7. The number of fused-ring (bicyclic) bond motifs is 1. The third-order valence-corrected chi connectivity index (χ3v) is 12.0. The molecule has 7 rings (SSSR count). The normalized spacial score (nSPS) is 19.5. The van der Waals surface area contributed by atoms with Gasteiger partial charge in [0.2, 0.25) is 10.0 Å². The highest BCUT2D eigenvalue weighted by Crippen LogP contribution is 2.38. The lowest BCUT2D eigenvalue weighted by atomic mass is 9.96. The summed E-state index contributed by atoms with van der Waals surface area (Å²) in [6, 6.07) is 23.2. The number of nitrogens with zero attached hydrogens (tertiary/aromatic N) is 6. The Bertz CT molecular complexity index is 1810. The van der Waals surface area contributed by atoms with Crippen LogP contribution in [0.1, 0.15) is 44.0 Å². The number of piperidine rings is 1. The average Bonchev–Trinajstić information content (AvgIpc) is 3.44. The van der Waals surface area contributed by atoms with Gasteiger partial charge < -0.3 is 14.2 Å². The molecule has 0 atom stereocenters. The number of morpholine rings is 1. The number of benzene rings is 3. The summed E-state index contributed by atoms with van der Waals surface area (Å²) in [6.07, 6.45) is 2.85. The molecule has 0 N–H and O–H groups in total. The van der Waals surface area contributed by atoms with Gasteiger partial charge in [0.1, 0.15) is 5.82 Å². The number of hydrogen-bond donors (Lipinski definition) is 0. The van der Waals surface area contributed by atoms with Gasteiger partial charge in [0.05, 0.1) is 30.5 Å². The summed E-state index contributed by atoms with van der Waals surface area (Å²) in [6.45, 7) is 14.4. The van der Waals surface area contributed by atoms with Gasteiger partial charge in [-0.2, -0.15) is 0 Å². The second kappa shape index (κ2) is 13.9. The van der Waals surface area contributed by atoms with Crippen LogP contribution in [0.3, 0.4) is 0 Å². The minimum atomic E-state index is -3.18. The van der Waals surface area contributed by atoms with Gasteiger partial charge >= 0.3 is 0 Å². The van der Waals surface area contributed by atoms with Crippen molar-refractivity contribution in [1.29, 1.82) is 0 Å². The van der Waals surface area contributed by atoms with Gasteiger partial charge in [0.25, 0.3) is 0 Å². The fraction of sp³-hybridized carbons (Fsp3) is 0.500. The number of sulfonamides is 1. The van der Waals surface area contributed by atoms with E-state index in [4.69, 9.17) is 9.72 Å². The summed E-state index contributed by atoms with van der Waals surface area (Å²) in [4.78, 5) is 12.8. The number of anilines is 1. The van der Waals surface area contributed by atoms with Gasteiger partial charge in [0.15, 0.2) is 0 Å². The summed E-state index contributed by atoms with van der Waals surface area (Å²) in [5, 5.41) is 0. The van der Waals surface area contributed by atoms with Crippen LogP contribution < -0.4 is 4.90 Å². The average molecular weight is 671 g/mol. The Morgan fingerprint density at radius 3 is 2.08 bits per heavy atom. The first-order chi connectivity index (χ1) is 23.1. The van der Waals surface area contributed by atoms with E-state index in [-0.39, 0.29) is 5.92 Å². The first-order valence-corrected chi connectivity index (χ1v) is 19.4. The first-order valence-electron chi connectivity index (χ1n) is 17.6. The van der Waals surface area contributed by atoms with Crippen molar-refractivity contribution in [2.24, 2.45) is 7.05 Å². The molecule has 9 nitrogen and oxygen atoms in total. The molecule has 0 bridgehead atoms. The van der Waals surface area contributed by atoms with E-state index in [9.17, 15) is 8.42 Å². The molecule has 256 valence electrons. The van der Waals surface area contributed by atoms with Crippen LogP contribution in [-0.2, 0) is 28.4 Å². The van der Waals surface area contributed by atoms with Crippen molar-refractivity contribution in [3.8, 4) is 22.3 Å². The molecule has 4 aromatic rings. The molecule has 48 heavy (non-hydrogen) atoms. The minimum Gasteiger partial charge on any atom is -0.379 e. The zero-order valence-corrected chi connectivity index (χ0v) is 29.8. The molecule has 0 amide bonds. The Kier molecular flexibility index (Phi) is 9.63. The fourth-order valence-electron chi connectivity index (χ4n) is 7.67. The molecule has 0 spiro atoms. The highest BCUT2D eigenvalue weighted by Gasteiger charge is 2.29. The molecular weight excluding hydrogens is 621 g/mol. The number of aryl methyl sites for hydroxylation is 1. The van der Waals surface area contributed by atoms with Crippen molar-refractivity contribution in [3.05, 3.63) is 72.1 Å². The van der Waals surface area contributed by atoms with E-state index in [2.05, 4.69) is 101 Å². The number of imidazole rings is 1. The number of ether oxygens (including phenoxy) is 1. The van der Waals surface area contributed by atoms with Gasteiger partial charge in [-0.1, -0.05) is 36.4 Å². The van der Waals surface area contributed by atoms with Gasteiger partial charge in [-0.05, 0) is 73.2 Å². The lowest BCUT2D eigenvalue weighted by Gasteiger charge is -2.38. The maximum Gasteiger partial charge on any atom is 0.211 e. The summed E-state index contributed by atoms with van der Waals surface area (Å²) >= 11 is 0. The van der Waals surface area contributed by atoms with Crippen molar-refractivity contribution >= 4 is 26.7 Å². The monoisotopic (exact) mass is 670 g/mol. The number of aromatic nitrogens is 2. The molecule has 3 aliphatic rings. The molecule has 10 heteroatoms. The van der Waals surface area contributed by atoms with E-state index < -0.39 is 10.0 Å². The zero-order valence-electron chi connectivity index (χ0n) is 28.9. The van der Waals surface area contributed by atoms with Crippen molar-refractivity contribution in [2.75, 3.05) is 76.7 Å². The smallest absolute Gasteiger partial charge is 0.211 e. The SMILES string of the molecule is CC(C)N1CCN(c2ccc(-c3cc(-c4ccc(CN5CCOCC5)cc4)c4nc(C5CCN(S(C)(=O)=O)CC5)n(C)c4c3)cc2)CC1. The van der Waals surface area contributed by atoms with Crippen LogP contribution in [0.2, 0.25) is 0 Å². The van der Waals surface area contributed by atoms with Crippen molar-refractivity contribution < 1.29 is 13.2 Å². The van der Waals surface area contributed by atoms with Gasteiger partial charge in [-0.3, -0.25) is 9.80 Å². The first kappa shape index (κ1) is 33.2. The predicted octanol–water partition coefficient (Wildman–Crippen LogP) is 5.41. The van der Waals surface area contributed by atoms with Crippen LogP contribution in [0.25, 0.3) is 33.3 Å². The van der Waals surface area contributed by atoms with Crippen molar-refractivity contribution in [2.45, 2.75) is 45.2 Å². The second-order valence-electron chi connectivity index (χ2n) is 14.1. The Hall–Kier alpha value is -3.28. The van der Waals surface area contributed by atoms with Gasteiger partial charge in [-0.25, -0.2) is 17.7 Å². The summed E-state index contributed by atoms with van der Waals surface area (Å²) in [7, 11) is -1.07. The van der Waals surface area contributed by atoms with Crippen LogP contribution in [0.4, 0.5) is 5.69 Å². The van der Waals surface area contributed by atoms with Crippen LogP contribution >= 0.6 is 0 Å². The van der Waals surface area contributed by atoms with Gasteiger partial charge in [-0.15, -0.1) is 0 Å². The maximum atomic E-state index is 12.2. The fourth-order valence-corrected chi connectivity index (χ4v) is 8.55. The standard InChI is InChI=1S/C38H50N6O3S/c1-28(2)42-17-19-43(20-18-42)34-11-9-30(10-12-34)33-25-35(31-7-5-29(6-8-31)27-41-21-23-47-24-22-41)37-36(26-33)40(3)38(39-37)32-13-15-44(16-14-32)48(4,45)46/h5-12,25-26,28,32H,13-24,27H2,1-4H3. The molecule has 3 fully saturated rings. The molecule has 0 saturated carbocycles. The molecule has 0 unspecified atom stereocenters. The van der Waals surface area contributed by atoms with E-state index >= 15 is 0 Å². The van der Waals surface area contributed by atoms with E-state index in [1.807, 2.05) is 0 Å². The van der Waals surface area contributed by atoms with Crippen LogP contribution in [0.5, 0.6) is 0 Å². The quantitative estimate of drug-likeness (QED) is 0.248. The van der Waals surface area contributed by atoms with Gasteiger partial charge in [0, 0.05) is 89.2 Å².